The molecule has 0 bridgehead atoms. The average molecular weight is 424 g/mol. The number of aromatic nitrogens is 1. The van der Waals surface area contributed by atoms with Gasteiger partial charge in [0.1, 0.15) is 11.6 Å². The molecule has 0 fully saturated rings. The van der Waals surface area contributed by atoms with E-state index < -0.39 is 5.97 Å². The van der Waals surface area contributed by atoms with Crippen molar-refractivity contribution in [2.75, 3.05) is 11.4 Å². The molecule has 7 heteroatoms. The van der Waals surface area contributed by atoms with Gasteiger partial charge in [-0.1, -0.05) is 41.7 Å². The standard InChI is InChI=1S/C23H18F2N2O2S/c24-18-10-6-15(7-11-18)12-13-27(14-16-4-8-17(9-5-16)22(28)29)23-26-20-3-1-2-19(25)21(20)30-23/h1-11H,12-14H2,(H,28,29). The van der Waals surface area contributed by atoms with Crippen molar-refractivity contribution in [1.29, 1.82) is 0 Å². The van der Waals surface area contributed by atoms with E-state index in [2.05, 4.69) is 4.98 Å². The van der Waals surface area contributed by atoms with E-state index in [1.165, 1.54) is 29.5 Å². The molecule has 0 radical (unpaired) electrons. The molecule has 1 N–H and O–H groups in total. The molecule has 0 spiro atoms. The highest BCUT2D eigenvalue weighted by molar-refractivity contribution is 7.22. The second-order valence-corrected chi connectivity index (χ2v) is 7.86. The summed E-state index contributed by atoms with van der Waals surface area (Å²) in [6, 6.07) is 17.8. The summed E-state index contributed by atoms with van der Waals surface area (Å²) in [6.45, 7) is 1.08. The average Bonchev–Trinajstić information content (AvgIpc) is 3.18. The van der Waals surface area contributed by atoms with Crippen molar-refractivity contribution in [2.45, 2.75) is 13.0 Å². The number of anilines is 1. The Kier molecular flexibility index (Phi) is 5.72. The number of carbonyl (C=O) groups is 1. The van der Waals surface area contributed by atoms with Crippen LogP contribution in [0.5, 0.6) is 0 Å². The van der Waals surface area contributed by atoms with Gasteiger partial charge in [-0.2, -0.15) is 0 Å². The molecule has 30 heavy (non-hydrogen) atoms. The smallest absolute Gasteiger partial charge is 0.335 e. The van der Waals surface area contributed by atoms with Gasteiger partial charge in [-0.25, -0.2) is 18.6 Å². The number of fused-ring (bicyclic) bond motifs is 1. The molecule has 0 saturated carbocycles. The molecule has 1 heterocycles. The summed E-state index contributed by atoms with van der Waals surface area (Å²) >= 11 is 1.28. The molecule has 4 nitrogen and oxygen atoms in total. The number of carboxylic acids is 1. The normalized spacial score (nSPS) is 11.0. The highest BCUT2D eigenvalue weighted by Crippen LogP contribution is 2.31. The van der Waals surface area contributed by atoms with Gasteiger partial charge in [0.25, 0.3) is 0 Å². The van der Waals surface area contributed by atoms with Crippen molar-refractivity contribution >= 4 is 32.7 Å². The van der Waals surface area contributed by atoms with Crippen molar-refractivity contribution in [3.63, 3.8) is 0 Å². The van der Waals surface area contributed by atoms with E-state index in [9.17, 15) is 13.6 Å². The van der Waals surface area contributed by atoms with Crippen LogP contribution in [0.2, 0.25) is 0 Å². The Labute approximate surface area is 176 Å². The van der Waals surface area contributed by atoms with E-state index in [-0.39, 0.29) is 17.2 Å². The zero-order valence-corrected chi connectivity index (χ0v) is 16.7. The van der Waals surface area contributed by atoms with Crippen LogP contribution in [0.3, 0.4) is 0 Å². The number of hydrogen-bond donors (Lipinski definition) is 1. The third-order valence-electron chi connectivity index (χ3n) is 4.78. The van der Waals surface area contributed by atoms with Gasteiger partial charge in [0.2, 0.25) is 0 Å². The summed E-state index contributed by atoms with van der Waals surface area (Å²) in [5.74, 6) is -1.56. The third-order valence-corrected chi connectivity index (χ3v) is 5.92. The minimum absolute atomic E-state index is 0.221. The predicted octanol–water partition coefficient (Wildman–Crippen LogP) is 5.52. The summed E-state index contributed by atoms with van der Waals surface area (Å²) < 4.78 is 27.8. The second kappa shape index (κ2) is 8.59. The molecule has 0 saturated heterocycles. The van der Waals surface area contributed by atoms with Crippen molar-refractivity contribution in [3.8, 4) is 0 Å². The quantitative estimate of drug-likeness (QED) is 0.424. The number of benzene rings is 3. The maximum atomic E-state index is 14.2. The van der Waals surface area contributed by atoms with Crippen LogP contribution in [0.4, 0.5) is 13.9 Å². The highest BCUT2D eigenvalue weighted by Gasteiger charge is 2.15. The zero-order valence-electron chi connectivity index (χ0n) is 15.9. The largest absolute Gasteiger partial charge is 0.478 e. The van der Waals surface area contributed by atoms with Crippen LogP contribution in [0.1, 0.15) is 21.5 Å². The number of hydrogen-bond acceptors (Lipinski definition) is 4. The number of rotatable bonds is 7. The number of nitrogens with zero attached hydrogens (tertiary/aromatic N) is 2. The van der Waals surface area contributed by atoms with Crippen LogP contribution in [-0.2, 0) is 13.0 Å². The van der Waals surface area contributed by atoms with Crippen LogP contribution in [0.15, 0.2) is 66.7 Å². The molecule has 0 aliphatic rings. The number of carboxylic acid groups (broad SMARTS) is 1. The van der Waals surface area contributed by atoms with Crippen LogP contribution < -0.4 is 4.90 Å². The number of aromatic carboxylic acids is 1. The molecule has 4 rings (SSSR count). The maximum Gasteiger partial charge on any atom is 0.335 e. The topological polar surface area (TPSA) is 53.4 Å². The molecule has 3 aromatic carbocycles. The molecule has 0 amide bonds. The van der Waals surface area contributed by atoms with E-state index in [0.717, 1.165) is 11.1 Å². The number of halogens is 2. The lowest BCUT2D eigenvalue weighted by Gasteiger charge is -2.22. The van der Waals surface area contributed by atoms with Gasteiger partial charge in [0.15, 0.2) is 5.13 Å². The maximum absolute atomic E-state index is 14.2. The van der Waals surface area contributed by atoms with Crippen molar-refractivity contribution in [3.05, 3.63) is 95.1 Å². The molecular formula is C23H18F2N2O2S. The molecular weight excluding hydrogens is 406 g/mol. The van der Waals surface area contributed by atoms with Crippen molar-refractivity contribution < 1.29 is 18.7 Å². The molecule has 0 atom stereocenters. The minimum atomic E-state index is -0.976. The van der Waals surface area contributed by atoms with E-state index in [0.29, 0.717) is 34.9 Å². The van der Waals surface area contributed by atoms with E-state index in [4.69, 9.17) is 5.11 Å². The van der Waals surface area contributed by atoms with Gasteiger partial charge >= 0.3 is 5.97 Å². The SMILES string of the molecule is O=C(O)c1ccc(CN(CCc2ccc(F)cc2)c2nc3cccc(F)c3s2)cc1. The molecule has 0 aliphatic carbocycles. The van der Waals surface area contributed by atoms with Gasteiger partial charge in [0.05, 0.1) is 15.8 Å². The van der Waals surface area contributed by atoms with Gasteiger partial charge in [-0.3, -0.25) is 0 Å². The van der Waals surface area contributed by atoms with Crippen LogP contribution in [0, 0.1) is 11.6 Å². The van der Waals surface area contributed by atoms with Crippen LogP contribution in [0.25, 0.3) is 10.2 Å². The van der Waals surface area contributed by atoms with Gasteiger partial charge < -0.3 is 10.0 Å². The Morgan fingerprint density at radius 2 is 1.67 bits per heavy atom. The van der Waals surface area contributed by atoms with Gasteiger partial charge in [-0.15, -0.1) is 0 Å². The first-order valence-electron chi connectivity index (χ1n) is 9.36. The summed E-state index contributed by atoms with van der Waals surface area (Å²) in [7, 11) is 0. The fourth-order valence-corrected chi connectivity index (χ4v) is 4.16. The number of thiazole rings is 1. The first-order valence-corrected chi connectivity index (χ1v) is 10.2. The lowest BCUT2D eigenvalue weighted by atomic mass is 10.1. The lowest BCUT2D eigenvalue weighted by Crippen LogP contribution is -2.25. The van der Waals surface area contributed by atoms with E-state index in [1.54, 1.807) is 48.5 Å². The summed E-state index contributed by atoms with van der Waals surface area (Å²) in [5.41, 5.74) is 2.72. The third kappa shape index (κ3) is 4.46. The predicted molar refractivity (Wildman–Crippen MR) is 114 cm³/mol. The van der Waals surface area contributed by atoms with Gasteiger partial charge in [0, 0.05) is 13.1 Å². The summed E-state index contributed by atoms with van der Waals surface area (Å²) in [4.78, 5) is 17.7. The van der Waals surface area contributed by atoms with Crippen molar-refractivity contribution in [2.24, 2.45) is 0 Å². The Balaban J connectivity index is 1.61. The zero-order chi connectivity index (χ0) is 21.1. The molecule has 0 unspecified atom stereocenters. The highest BCUT2D eigenvalue weighted by atomic mass is 32.1. The molecule has 0 aliphatic heterocycles. The second-order valence-electron chi connectivity index (χ2n) is 6.88. The van der Waals surface area contributed by atoms with E-state index in [1.807, 2.05) is 4.90 Å². The van der Waals surface area contributed by atoms with E-state index >= 15 is 0 Å². The molecule has 152 valence electrons. The first kappa shape index (κ1) is 20.0. The summed E-state index contributed by atoms with van der Waals surface area (Å²) in [6.07, 6.45) is 0.659. The van der Waals surface area contributed by atoms with Gasteiger partial charge in [-0.05, 0) is 53.9 Å². The fraction of sp³-hybridized carbons (Fsp3) is 0.130. The lowest BCUT2D eigenvalue weighted by molar-refractivity contribution is 0.0697. The fourth-order valence-electron chi connectivity index (χ4n) is 3.17. The molecule has 1 aromatic heterocycles. The summed E-state index contributed by atoms with van der Waals surface area (Å²) in [5, 5.41) is 9.77. The molecule has 4 aromatic rings. The van der Waals surface area contributed by atoms with Crippen LogP contribution in [-0.4, -0.2) is 22.6 Å². The van der Waals surface area contributed by atoms with Crippen LogP contribution >= 0.6 is 11.3 Å². The Morgan fingerprint density at radius 1 is 0.967 bits per heavy atom. The first-order chi connectivity index (χ1) is 14.5. The monoisotopic (exact) mass is 424 g/mol. The Bertz CT molecular complexity index is 1170. The minimum Gasteiger partial charge on any atom is -0.478 e. The van der Waals surface area contributed by atoms with Crippen molar-refractivity contribution in [1.82, 2.24) is 4.98 Å². The Hall–Kier alpha value is -3.32. The Morgan fingerprint density at radius 3 is 2.33 bits per heavy atom.